The number of rotatable bonds is 5. The van der Waals surface area contributed by atoms with Gasteiger partial charge in [0.25, 0.3) is 5.56 Å². The van der Waals surface area contributed by atoms with Crippen molar-refractivity contribution in [1.82, 2.24) is 9.55 Å². The van der Waals surface area contributed by atoms with Crippen LogP contribution in [0, 0.1) is 0 Å². The Bertz CT molecular complexity index is 1310. The monoisotopic (exact) mass is 451 g/mol. The zero-order chi connectivity index (χ0) is 22.8. The van der Waals surface area contributed by atoms with Crippen molar-refractivity contribution in [2.75, 3.05) is 13.2 Å². The summed E-state index contributed by atoms with van der Waals surface area (Å²) in [6, 6.07) is 9.45. The second-order valence-electron chi connectivity index (χ2n) is 8.02. The molecule has 1 aliphatic rings. The van der Waals surface area contributed by atoms with E-state index in [1.165, 1.54) is 0 Å². The molecule has 2 aromatic carbocycles. The third-order valence-electron chi connectivity index (χ3n) is 6.01. The van der Waals surface area contributed by atoms with Crippen molar-refractivity contribution in [2.45, 2.75) is 38.8 Å². The summed E-state index contributed by atoms with van der Waals surface area (Å²) in [6.45, 7) is 8.61. The highest BCUT2D eigenvalue weighted by Crippen LogP contribution is 2.30. The predicted molar refractivity (Wildman–Crippen MR) is 130 cm³/mol. The lowest BCUT2D eigenvalue weighted by Crippen LogP contribution is -2.39. The van der Waals surface area contributed by atoms with Crippen molar-refractivity contribution >= 4 is 39.5 Å². The van der Waals surface area contributed by atoms with Crippen LogP contribution in [0.15, 0.2) is 69.3 Å². The van der Waals surface area contributed by atoms with Gasteiger partial charge in [-0.05, 0) is 54.9 Å². The van der Waals surface area contributed by atoms with E-state index in [-0.39, 0.29) is 18.2 Å². The number of halogens is 1. The third-order valence-corrected chi connectivity index (χ3v) is 6.39. The highest BCUT2D eigenvalue weighted by molar-refractivity contribution is 6.30. The summed E-state index contributed by atoms with van der Waals surface area (Å²) in [4.78, 5) is 22.3. The lowest BCUT2D eigenvalue weighted by atomic mass is 9.94. The first-order valence-corrected chi connectivity index (χ1v) is 11.0. The summed E-state index contributed by atoms with van der Waals surface area (Å²) in [5.74, 6) is 0. The number of benzene rings is 2. The van der Waals surface area contributed by atoms with Gasteiger partial charge in [0.15, 0.2) is 0 Å². The smallest absolute Gasteiger partial charge is 0.261 e. The molecule has 32 heavy (non-hydrogen) atoms. The molecule has 1 aromatic heterocycles. The highest BCUT2D eigenvalue weighted by Gasteiger charge is 2.27. The standard InChI is InChI=1S/C25H26ClN3O3/c1-4-27-24(26)16(3)15(2)11-17-12-20-23(19-8-6-5-7-18(17)19)28-14-29(25(20)31)21-9-10-32-13-22(21)30/h4-8,12,14,21-22,30H,2,9-11,13H2,1,3H3/b24-16-,27-4?/t21-,22-/m0/s1. The van der Waals surface area contributed by atoms with E-state index in [0.717, 1.165) is 27.5 Å². The maximum Gasteiger partial charge on any atom is 0.261 e. The van der Waals surface area contributed by atoms with Crippen LogP contribution < -0.4 is 5.56 Å². The molecule has 0 unspecified atom stereocenters. The SMILES string of the molecule is C=C(Cc1cc2c(=O)n([C@H]3CCOC[C@@H]3O)cnc2c2ccccc12)/C(C)=C(/Cl)N=CC. The van der Waals surface area contributed by atoms with E-state index in [1.54, 1.807) is 17.1 Å². The number of allylic oxidation sites excluding steroid dienone is 2. The molecule has 1 N–H and O–H groups in total. The zero-order valence-corrected chi connectivity index (χ0v) is 19.0. The third kappa shape index (κ3) is 4.13. The van der Waals surface area contributed by atoms with Crippen molar-refractivity contribution in [3.63, 3.8) is 0 Å². The average molecular weight is 452 g/mol. The van der Waals surface area contributed by atoms with Crippen molar-refractivity contribution in [2.24, 2.45) is 4.99 Å². The summed E-state index contributed by atoms with van der Waals surface area (Å²) < 4.78 is 6.86. The maximum absolute atomic E-state index is 13.5. The number of fused-ring (bicyclic) bond motifs is 3. The number of aliphatic hydroxyl groups excluding tert-OH is 1. The van der Waals surface area contributed by atoms with Crippen LogP contribution in [-0.4, -0.2) is 40.2 Å². The van der Waals surface area contributed by atoms with Crippen LogP contribution in [0.3, 0.4) is 0 Å². The fourth-order valence-corrected chi connectivity index (χ4v) is 4.42. The Labute approximate surface area is 191 Å². The Kier molecular flexibility index (Phi) is 6.55. The van der Waals surface area contributed by atoms with E-state index in [9.17, 15) is 9.90 Å². The number of aliphatic hydroxyl groups is 1. The number of aromatic nitrogens is 2. The van der Waals surface area contributed by atoms with E-state index in [0.29, 0.717) is 35.5 Å². The first-order chi connectivity index (χ1) is 15.4. The van der Waals surface area contributed by atoms with E-state index in [4.69, 9.17) is 16.3 Å². The molecule has 0 spiro atoms. The molecule has 3 aromatic rings. The molecule has 0 aliphatic carbocycles. The van der Waals surface area contributed by atoms with Crippen LogP contribution in [-0.2, 0) is 11.2 Å². The summed E-state index contributed by atoms with van der Waals surface area (Å²) in [5, 5.41) is 13.2. The molecule has 6 nitrogen and oxygen atoms in total. The minimum atomic E-state index is -0.741. The van der Waals surface area contributed by atoms with Crippen molar-refractivity contribution in [3.05, 3.63) is 75.5 Å². The fourth-order valence-electron chi connectivity index (χ4n) is 4.19. The Morgan fingerprint density at radius 3 is 2.84 bits per heavy atom. The van der Waals surface area contributed by atoms with Crippen LogP contribution in [0.4, 0.5) is 0 Å². The Morgan fingerprint density at radius 1 is 1.38 bits per heavy atom. The van der Waals surface area contributed by atoms with E-state index in [1.807, 2.05) is 44.2 Å². The Balaban J connectivity index is 1.87. The van der Waals surface area contributed by atoms with Gasteiger partial charge in [0, 0.05) is 18.2 Å². The molecule has 2 atom stereocenters. The van der Waals surface area contributed by atoms with Gasteiger partial charge in [-0.15, -0.1) is 0 Å². The molecule has 166 valence electrons. The quantitative estimate of drug-likeness (QED) is 0.267. The largest absolute Gasteiger partial charge is 0.389 e. The van der Waals surface area contributed by atoms with Crippen LogP contribution in [0.2, 0.25) is 0 Å². The van der Waals surface area contributed by atoms with E-state index in [2.05, 4.69) is 16.6 Å². The first-order valence-electron chi connectivity index (χ1n) is 10.6. The minimum absolute atomic E-state index is 0.167. The average Bonchev–Trinajstić information content (AvgIpc) is 2.80. The molecule has 4 rings (SSSR count). The molecule has 1 saturated heterocycles. The van der Waals surface area contributed by atoms with Crippen molar-refractivity contribution in [3.8, 4) is 0 Å². The molecule has 7 heteroatoms. The molecular weight excluding hydrogens is 426 g/mol. The van der Waals surface area contributed by atoms with Gasteiger partial charge in [-0.3, -0.25) is 9.36 Å². The molecule has 1 aliphatic heterocycles. The molecule has 2 heterocycles. The van der Waals surface area contributed by atoms with E-state index >= 15 is 0 Å². The minimum Gasteiger partial charge on any atom is -0.389 e. The molecular formula is C25H26ClN3O3. The summed E-state index contributed by atoms with van der Waals surface area (Å²) in [5.41, 5.74) is 3.08. The van der Waals surface area contributed by atoms with Crippen LogP contribution >= 0.6 is 11.6 Å². The normalized spacial score (nSPS) is 20.1. The van der Waals surface area contributed by atoms with Crippen molar-refractivity contribution < 1.29 is 9.84 Å². The van der Waals surface area contributed by atoms with Gasteiger partial charge in [-0.1, -0.05) is 42.4 Å². The zero-order valence-electron chi connectivity index (χ0n) is 18.2. The number of aliphatic imine (C=N–C) groups is 1. The van der Waals surface area contributed by atoms with Gasteiger partial charge in [0.05, 0.1) is 36.0 Å². The summed E-state index contributed by atoms with van der Waals surface area (Å²) >= 11 is 6.28. The van der Waals surface area contributed by atoms with Gasteiger partial charge in [0.1, 0.15) is 5.16 Å². The fraction of sp³-hybridized carbons (Fsp3) is 0.320. The van der Waals surface area contributed by atoms with E-state index < -0.39 is 6.10 Å². The lowest BCUT2D eigenvalue weighted by Gasteiger charge is -2.29. The van der Waals surface area contributed by atoms with Gasteiger partial charge in [0.2, 0.25) is 0 Å². The van der Waals surface area contributed by atoms with Crippen LogP contribution in [0.5, 0.6) is 0 Å². The van der Waals surface area contributed by atoms with Crippen molar-refractivity contribution in [1.29, 1.82) is 0 Å². The van der Waals surface area contributed by atoms with Gasteiger partial charge in [-0.25, -0.2) is 9.98 Å². The van der Waals surface area contributed by atoms with Gasteiger partial charge < -0.3 is 9.84 Å². The number of hydrogen-bond donors (Lipinski definition) is 1. The predicted octanol–water partition coefficient (Wildman–Crippen LogP) is 4.53. The molecule has 0 radical (unpaired) electrons. The molecule has 0 amide bonds. The molecule has 1 fully saturated rings. The second-order valence-corrected chi connectivity index (χ2v) is 8.37. The maximum atomic E-state index is 13.5. The summed E-state index contributed by atoms with van der Waals surface area (Å²) in [7, 11) is 0. The first kappa shape index (κ1) is 22.4. The van der Waals surface area contributed by atoms with Gasteiger partial charge in [-0.2, -0.15) is 0 Å². The highest BCUT2D eigenvalue weighted by atomic mass is 35.5. The van der Waals surface area contributed by atoms with Crippen LogP contribution in [0.1, 0.15) is 31.9 Å². The summed E-state index contributed by atoms with van der Waals surface area (Å²) in [6.07, 6.45) is 3.53. The number of ether oxygens (including phenoxy) is 1. The Hall–Kier alpha value is -2.80. The Morgan fingerprint density at radius 2 is 2.12 bits per heavy atom. The topological polar surface area (TPSA) is 76.7 Å². The molecule has 0 saturated carbocycles. The number of hydrogen-bond acceptors (Lipinski definition) is 5. The van der Waals surface area contributed by atoms with Crippen LogP contribution in [0.25, 0.3) is 21.7 Å². The lowest BCUT2D eigenvalue weighted by molar-refractivity contribution is -0.0395. The second kappa shape index (κ2) is 9.36. The van der Waals surface area contributed by atoms with Gasteiger partial charge >= 0.3 is 0 Å². The molecule has 0 bridgehead atoms. The number of nitrogens with zero attached hydrogens (tertiary/aromatic N) is 3.